The third-order valence-electron chi connectivity index (χ3n) is 4.46. The van der Waals surface area contributed by atoms with E-state index in [2.05, 4.69) is 9.88 Å². The molecular formula is C19H22F3N3OS. The lowest BCUT2D eigenvalue weighted by Gasteiger charge is -2.37. The van der Waals surface area contributed by atoms with Gasteiger partial charge in [0.25, 0.3) is 0 Å². The number of rotatable bonds is 2. The number of alkyl halides is 3. The maximum absolute atomic E-state index is 12.9. The van der Waals surface area contributed by atoms with E-state index < -0.39 is 17.2 Å². The van der Waals surface area contributed by atoms with E-state index in [9.17, 15) is 18.0 Å². The number of thiazole rings is 1. The molecule has 2 aromatic rings. The summed E-state index contributed by atoms with van der Waals surface area (Å²) in [6.07, 6.45) is -4.37. The Bertz CT molecular complexity index is 818. The second kappa shape index (κ2) is 7.14. The number of hydrogen-bond acceptors (Lipinski definition) is 4. The van der Waals surface area contributed by atoms with Crippen molar-refractivity contribution in [1.29, 1.82) is 0 Å². The van der Waals surface area contributed by atoms with Gasteiger partial charge in [-0.25, -0.2) is 4.98 Å². The van der Waals surface area contributed by atoms with Crippen molar-refractivity contribution in [3.8, 4) is 11.3 Å². The SMILES string of the molecule is CC(C)(C)C(=O)N1CCN(c2nc(-c3cccc(C(F)(F)F)c3)cs2)CC1. The number of anilines is 1. The fourth-order valence-electron chi connectivity index (χ4n) is 2.97. The highest BCUT2D eigenvalue weighted by molar-refractivity contribution is 7.14. The molecule has 1 amide bonds. The molecule has 1 aromatic carbocycles. The quantitative estimate of drug-likeness (QED) is 0.747. The molecule has 0 spiro atoms. The molecule has 1 aliphatic heterocycles. The molecular weight excluding hydrogens is 375 g/mol. The first-order valence-corrected chi connectivity index (χ1v) is 9.61. The minimum Gasteiger partial charge on any atom is -0.345 e. The van der Waals surface area contributed by atoms with Gasteiger partial charge in [0.2, 0.25) is 5.91 Å². The highest BCUT2D eigenvalue weighted by Gasteiger charge is 2.31. The molecule has 0 radical (unpaired) electrons. The summed E-state index contributed by atoms with van der Waals surface area (Å²) in [7, 11) is 0. The minimum absolute atomic E-state index is 0.131. The van der Waals surface area contributed by atoms with Crippen LogP contribution in [0, 0.1) is 5.41 Å². The van der Waals surface area contributed by atoms with Crippen LogP contribution in [0.1, 0.15) is 26.3 Å². The van der Waals surface area contributed by atoms with Crippen molar-refractivity contribution in [3.63, 3.8) is 0 Å². The summed E-state index contributed by atoms with van der Waals surface area (Å²) >= 11 is 1.41. The van der Waals surface area contributed by atoms with Crippen molar-refractivity contribution < 1.29 is 18.0 Å². The molecule has 27 heavy (non-hydrogen) atoms. The van der Waals surface area contributed by atoms with E-state index in [1.807, 2.05) is 25.7 Å². The molecule has 1 saturated heterocycles. The average Bonchev–Trinajstić information content (AvgIpc) is 3.10. The second-order valence-electron chi connectivity index (χ2n) is 7.62. The summed E-state index contributed by atoms with van der Waals surface area (Å²) in [6, 6.07) is 5.21. The molecule has 4 nitrogen and oxygen atoms in total. The Kier molecular flexibility index (Phi) is 5.20. The van der Waals surface area contributed by atoms with Gasteiger partial charge in [0.05, 0.1) is 11.3 Å². The number of aromatic nitrogens is 1. The number of carbonyl (C=O) groups is 1. The molecule has 8 heteroatoms. The average molecular weight is 397 g/mol. The van der Waals surface area contributed by atoms with Crippen LogP contribution in [0.25, 0.3) is 11.3 Å². The van der Waals surface area contributed by atoms with Gasteiger partial charge in [-0.05, 0) is 12.1 Å². The molecule has 0 N–H and O–H groups in total. The Morgan fingerprint density at radius 2 is 1.78 bits per heavy atom. The topological polar surface area (TPSA) is 36.4 Å². The third-order valence-corrected chi connectivity index (χ3v) is 5.36. The van der Waals surface area contributed by atoms with Crippen LogP contribution in [0.5, 0.6) is 0 Å². The van der Waals surface area contributed by atoms with Gasteiger partial charge in [-0.2, -0.15) is 13.2 Å². The first-order valence-electron chi connectivity index (χ1n) is 8.73. The molecule has 0 bridgehead atoms. The van der Waals surface area contributed by atoms with E-state index in [0.29, 0.717) is 37.4 Å². The summed E-state index contributed by atoms with van der Waals surface area (Å²) in [6.45, 7) is 8.29. The molecule has 1 aromatic heterocycles. The summed E-state index contributed by atoms with van der Waals surface area (Å²) in [5.74, 6) is 0.131. The van der Waals surface area contributed by atoms with Gasteiger partial charge in [0, 0.05) is 42.5 Å². The van der Waals surface area contributed by atoms with Crippen molar-refractivity contribution in [3.05, 3.63) is 35.2 Å². The van der Waals surface area contributed by atoms with Gasteiger partial charge in [0.1, 0.15) is 0 Å². The zero-order valence-electron chi connectivity index (χ0n) is 15.5. The maximum Gasteiger partial charge on any atom is 0.416 e. The van der Waals surface area contributed by atoms with Gasteiger partial charge >= 0.3 is 6.18 Å². The number of benzene rings is 1. The van der Waals surface area contributed by atoms with E-state index in [0.717, 1.165) is 17.3 Å². The van der Waals surface area contributed by atoms with Crippen molar-refractivity contribution in [1.82, 2.24) is 9.88 Å². The molecule has 2 heterocycles. The number of hydrogen-bond donors (Lipinski definition) is 0. The van der Waals surface area contributed by atoms with Gasteiger partial charge in [-0.3, -0.25) is 4.79 Å². The normalized spacial score (nSPS) is 15.9. The predicted molar refractivity (Wildman–Crippen MR) is 101 cm³/mol. The van der Waals surface area contributed by atoms with Crippen LogP contribution in [-0.4, -0.2) is 42.0 Å². The lowest BCUT2D eigenvalue weighted by molar-refractivity contribution is -0.139. The highest BCUT2D eigenvalue weighted by Crippen LogP contribution is 2.34. The standard InChI is InChI=1S/C19H22F3N3OS/c1-18(2,3)16(26)24-7-9-25(10-8-24)17-23-15(12-27-17)13-5-4-6-14(11-13)19(20,21)22/h4-6,11-12H,7-10H2,1-3H3. The van der Waals surface area contributed by atoms with Crippen LogP contribution in [0.3, 0.4) is 0 Å². The molecule has 0 saturated carbocycles. The van der Waals surface area contributed by atoms with Crippen molar-refractivity contribution in [2.24, 2.45) is 5.41 Å². The Morgan fingerprint density at radius 1 is 1.11 bits per heavy atom. The summed E-state index contributed by atoms with van der Waals surface area (Å²) in [5.41, 5.74) is -0.0907. The van der Waals surface area contributed by atoms with Gasteiger partial charge in [0.15, 0.2) is 5.13 Å². The van der Waals surface area contributed by atoms with Crippen LogP contribution in [-0.2, 0) is 11.0 Å². The van der Waals surface area contributed by atoms with Gasteiger partial charge < -0.3 is 9.80 Å². The van der Waals surface area contributed by atoms with E-state index in [1.54, 1.807) is 11.4 Å². The fourth-order valence-corrected chi connectivity index (χ4v) is 3.86. The number of halogens is 3. The Morgan fingerprint density at radius 3 is 2.37 bits per heavy atom. The third kappa shape index (κ3) is 4.43. The van der Waals surface area contributed by atoms with E-state index in [1.165, 1.54) is 17.4 Å². The van der Waals surface area contributed by atoms with Crippen molar-refractivity contribution in [2.45, 2.75) is 26.9 Å². The lowest BCUT2D eigenvalue weighted by atomic mass is 9.94. The van der Waals surface area contributed by atoms with Gasteiger partial charge in [-0.1, -0.05) is 32.9 Å². The molecule has 1 aliphatic rings. The second-order valence-corrected chi connectivity index (χ2v) is 8.46. The van der Waals surface area contributed by atoms with Crippen LogP contribution in [0.15, 0.2) is 29.6 Å². The fraction of sp³-hybridized carbons (Fsp3) is 0.474. The van der Waals surface area contributed by atoms with E-state index in [-0.39, 0.29) is 5.91 Å². The molecule has 0 atom stereocenters. The number of amides is 1. The summed E-state index contributed by atoms with van der Waals surface area (Å²) in [4.78, 5) is 20.8. The highest BCUT2D eigenvalue weighted by atomic mass is 32.1. The molecule has 0 aliphatic carbocycles. The monoisotopic (exact) mass is 397 g/mol. The molecule has 1 fully saturated rings. The van der Waals surface area contributed by atoms with Crippen molar-refractivity contribution in [2.75, 3.05) is 31.1 Å². The Balaban J connectivity index is 1.70. The number of carbonyl (C=O) groups excluding carboxylic acids is 1. The maximum atomic E-state index is 12.9. The first kappa shape index (κ1) is 19.7. The Labute approximate surface area is 160 Å². The van der Waals surface area contributed by atoms with Crippen LogP contribution in [0.4, 0.5) is 18.3 Å². The van der Waals surface area contributed by atoms with E-state index >= 15 is 0 Å². The molecule has 146 valence electrons. The lowest BCUT2D eigenvalue weighted by Crippen LogP contribution is -2.51. The van der Waals surface area contributed by atoms with Crippen LogP contribution < -0.4 is 4.90 Å². The van der Waals surface area contributed by atoms with Gasteiger partial charge in [-0.15, -0.1) is 11.3 Å². The predicted octanol–water partition coefficient (Wildman–Crippen LogP) is 4.52. The number of nitrogens with zero attached hydrogens (tertiary/aromatic N) is 3. The van der Waals surface area contributed by atoms with Crippen LogP contribution >= 0.6 is 11.3 Å². The van der Waals surface area contributed by atoms with Crippen LogP contribution in [0.2, 0.25) is 0 Å². The smallest absolute Gasteiger partial charge is 0.345 e. The zero-order chi connectivity index (χ0) is 19.8. The van der Waals surface area contributed by atoms with E-state index in [4.69, 9.17) is 0 Å². The minimum atomic E-state index is -4.37. The molecule has 3 rings (SSSR count). The largest absolute Gasteiger partial charge is 0.416 e. The first-order chi connectivity index (χ1) is 12.6. The summed E-state index contributed by atoms with van der Waals surface area (Å²) < 4.78 is 38.7. The van der Waals surface area contributed by atoms with Crippen molar-refractivity contribution >= 4 is 22.4 Å². The number of piperazine rings is 1. The summed E-state index contributed by atoms with van der Waals surface area (Å²) in [5, 5.41) is 2.54. The zero-order valence-corrected chi connectivity index (χ0v) is 16.3. The Hall–Kier alpha value is -2.09. The molecule has 0 unspecified atom stereocenters.